The van der Waals surface area contributed by atoms with E-state index >= 15 is 0 Å². The van der Waals surface area contributed by atoms with Crippen LogP contribution in [0.5, 0.6) is 0 Å². The van der Waals surface area contributed by atoms with E-state index in [0.29, 0.717) is 6.42 Å². The molecule has 1 aliphatic carbocycles. The van der Waals surface area contributed by atoms with Crippen LogP contribution in [0.25, 0.3) is 0 Å². The van der Waals surface area contributed by atoms with Gasteiger partial charge in [-0.3, -0.25) is 4.79 Å². The molecule has 1 saturated carbocycles. The van der Waals surface area contributed by atoms with Gasteiger partial charge in [-0.1, -0.05) is 17.7 Å². The molecule has 1 aromatic rings. The first-order chi connectivity index (χ1) is 12.7. The maximum absolute atomic E-state index is 12.7. The number of benzene rings is 1. The predicted molar refractivity (Wildman–Crippen MR) is 106 cm³/mol. The van der Waals surface area contributed by atoms with Crippen molar-refractivity contribution in [2.24, 2.45) is 11.7 Å². The third kappa shape index (κ3) is 5.61. The van der Waals surface area contributed by atoms with Crippen molar-refractivity contribution < 1.29 is 23.9 Å². The number of nitrogens with two attached hydrogens (primary N) is 1. The summed E-state index contributed by atoms with van der Waals surface area (Å²) in [6.07, 6.45) is -1.12. The Morgan fingerprint density at radius 3 is 1.89 bits per heavy atom. The molecular weight excluding hydrogens is 384 g/mol. The maximum atomic E-state index is 12.7. The molecule has 0 aliphatic heterocycles. The van der Waals surface area contributed by atoms with Crippen LogP contribution in [0, 0.1) is 5.92 Å². The van der Waals surface area contributed by atoms with Gasteiger partial charge in [-0.05, 0) is 71.6 Å². The first kappa shape index (κ1) is 22.0. The molecule has 154 valence electrons. The van der Waals surface area contributed by atoms with Crippen molar-refractivity contribution in [1.29, 1.82) is 0 Å². The summed E-state index contributed by atoms with van der Waals surface area (Å²) in [6.45, 7) is 10.2. The van der Waals surface area contributed by atoms with Gasteiger partial charge < -0.3 is 15.2 Å². The average Bonchev–Trinajstić information content (AvgIpc) is 3.26. The van der Waals surface area contributed by atoms with Crippen molar-refractivity contribution in [3.8, 4) is 0 Å². The Labute approximate surface area is 170 Å². The minimum absolute atomic E-state index is 0.000512. The number of halogens is 1. The zero-order valence-electron chi connectivity index (χ0n) is 17.0. The van der Waals surface area contributed by atoms with Crippen LogP contribution >= 0.6 is 11.6 Å². The summed E-state index contributed by atoms with van der Waals surface area (Å²) in [6, 6.07) is 4.89. The number of amides is 3. The summed E-state index contributed by atoms with van der Waals surface area (Å²) in [5.74, 6) is -0.565. The second kappa shape index (κ2) is 7.62. The van der Waals surface area contributed by atoms with E-state index in [1.807, 2.05) is 0 Å². The molecule has 28 heavy (non-hydrogen) atoms. The fraction of sp³-hybridized carbons (Fsp3) is 0.550. The molecule has 0 unspecified atom stereocenters. The maximum Gasteiger partial charge on any atom is 0.424 e. The lowest BCUT2D eigenvalue weighted by molar-refractivity contribution is -0.119. The zero-order chi connectivity index (χ0) is 21.4. The highest BCUT2D eigenvalue weighted by molar-refractivity contribution is 6.34. The van der Waals surface area contributed by atoms with E-state index in [-0.39, 0.29) is 28.5 Å². The van der Waals surface area contributed by atoms with E-state index < -0.39 is 23.4 Å². The summed E-state index contributed by atoms with van der Waals surface area (Å²) in [5, 5.41) is 0.171. The molecule has 0 spiro atoms. The van der Waals surface area contributed by atoms with Crippen LogP contribution in [0.1, 0.15) is 59.4 Å². The number of carbonyl (C=O) groups is 3. The number of carbonyl (C=O) groups excluding carboxylic acids is 3. The standard InChI is InChI=1S/C20H27ClN2O5/c1-19(2,3)27-17(25)23(18(26)28-20(4,5)6)15-8-7-11(9-14(15)21)12-10-13(12)16(22)24/h7-9,12-13H,10H2,1-6H3,(H2,22,24)/t12-,13+/m1/s1. The summed E-state index contributed by atoms with van der Waals surface area (Å²) in [4.78, 5) is 37.5. The van der Waals surface area contributed by atoms with Crippen molar-refractivity contribution in [3.05, 3.63) is 28.8 Å². The number of nitrogens with zero attached hydrogens (tertiary/aromatic N) is 1. The molecule has 1 aromatic carbocycles. The third-order valence-electron chi connectivity index (χ3n) is 3.95. The van der Waals surface area contributed by atoms with Crippen LogP contribution in [0.2, 0.25) is 5.02 Å². The smallest absolute Gasteiger partial charge is 0.424 e. The Morgan fingerprint density at radius 1 is 1.04 bits per heavy atom. The lowest BCUT2D eigenvalue weighted by atomic mass is 10.1. The Kier molecular flexibility index (Phi) is 5.99. The molecule has 0 saturated heterocycles. The van der Waals surface area contributed by atoms with Crippen molar-refractivity contribution in [2.75, 3.05) is 4.90 Å². The van der Waals surface area contributed by atoms with Gasteiger partial charge >= 0.3 is 12.2 Å². The van der Waals surface area contributed by atoms with Crippen LogP contribution in [0.3, 0.4) is 0 Å². The van der Waals surface area contributed by atoms with E-state index in [1.165, 1.54) is 0 Å². The molecule has 3 amide bonds. The number of rotatable bonds is 3. The number of imide groups is 1. The van der Waals surface area contributed by atoms with Crippen LogP contribution in [-0.4, -0.2) is 29.3 Å². The predicted octanol–water partition coefficient (Wildman–Crippen LogP) is 4.61. The van der Waals surface area contributed by atoms with Crippen LogP contribution in [0.4, 0.5) is 15.3 Å². The second-order valence-corrected chi connectivity index (χ2v) is 9.27. The Balaban J connectivity index is 2.35. The van der Waals surface area contributed by atoms with Crippen molar-refractivity contribution >= 4 is 35.4 Å². The van der Waals surface area contributed by atoms with Gasteiger partial charge in [0.2, 0.25) is 5.91 Å². The van der Waals surface area contributed by atoms with Gasteiger partial charge in [0.25, 0.3) is 0 Å². The molecule has 1 aliphatic rings. The zero-order valence-corrected chi connectivity index (χ0v) is 17.8. The van der Waals surface area contributed by atoms with Crippen LogP contribution in [0.15, 0.2) is 18.2 Å². The summed E-state index contributed by atoms with van der Waals surface area (Å²) >= 11 is 6.38. The van der Waals surface area contributed by atoms with Crippen molar-refractivity contribution in [3.63, 3.8) is 0 Å². The number of ether oxygens (including phenoxy) is 2. The van der Waals surface area contributed by atoms with Crippen molar-refractivity contribution in [2.45, 2.75) is 65.1 Å². The summed E-state index contributed by atoms with van der Waals surface area (Å²) in [7, 11) is 0. The Morgan fingerprint density at radius 2 is 1.54 bits per heavy atom. The minimum atomic E-state index is -0.891. The van der Waals surface area contributed by atoms with Gasteiger partial charge in [0.1, 0.15) is 11.2 Å². The average molecular weight is 411 g/mol. The molecule has 0 radical (unpaired) electrons. The van der Waals surface area contributed by atoms with Crippen LogP contribution < -0.4 is 10.6 Å². The highest BCUT2D eigenvalue weighted by Gasteiger charge is 2.43. The number of anilines is 1. The Bertz CT molecular complexity index is 767. The summed E-state index contributed by atoms with van der Waals surface area (Å²) in [5.41, 5.74) is 4.68. The fourth-order valence-corrected chi connectivity index (χ4v) is 2.97. The lowest BCUT2D eigenvalue weighted by Gasteiger charge is -2.29. The Hall–Kier alpha value is -2.28. The molecule has 1 fully saturated rings. The van der Waals surface area contributed by atoms with E-state index in [1.54, 1.807) is 59.7 Å². The van der Waals surface area contributed by atoms with Gasteiger partial charge in [0, 0.05) is 5.92 Å². The lowest BCUT2D eigenvalue weighted by Crippen LogP contribution is -2.44. The fourth-order valence-electron chi connectivity index (χ4n) is 2.70. The van der Waals surface area contributed by atoms with Crippen molar-refractivity contribution in [1.82, 2.24) is 0 Å². The molecule has 2 rings (SSSR count). The first-order valence-corrected chi connectivity index (χ1v) is 9.42. The normalized spacial score (nSPS) is 19.0. The molecule has 0 aromatic heterocycles. The molecular formula is C20H27ClN2O5. The largest absolute Gasteiger partial charge is 0.443 e. The molecule has 7 nitrogen and oxygen atoms in total. The van der Waals surface area contributed by atoms with Gasteiger partial charge in [0.05, 0.1) is 10.7 Å². The van der Waals surface area contributed by atoms with Crippen LogP contribution in [-0.2, 0) is 14.3 Å². The quantitative estimate of drug-likeness (QED) is 0.784. The number of hydrogen-bond acceptors (Lipinski definition) is 5. The van der Waals surface area contributed by atoms with E-state index in [9.17, 15) is 14.4 Å². The SMILES string of the molecule is CC(C)(C)OC(=O)N(C(=O)OC(C)(C)C)c1ccc([C@H]2C[C@@H]2C(N)=O)cc1Cl. The molecule has 0 bridgehead atoms. The van der Waals surface area contributed by atoms with Gasteiger partial charge in [-0.25, -0.2) is 9.59 Å². The van der Waals surface area contributed by atoms with Gasteiger partial charge in [-0.15, -0.1) is 0 Å². The third-order valence-corrected chi connectivity index (χ3v) is 4.25. The highest BCUT2D eigenvalue weighted by atomic mass is 35.5. The molecule has 0 heterocycles. The topological polar surface area (TPSA) is 98.9 Å². The molecule has 2 atom stereocenters. The number of hydrogen-bond donors (Lipinski definition) is 1. The molecule has 2 N–H and O–H groups in total. The highest BCUT2D eigenvalue weighted by Crippen LogP contribution is 2.48. The van der Waals surface area contributed by atoms with E-state index in [4.69, 9.17) is 26.8 Å². The first-order valence-electron chi connectivity index (χ1n) is 9.04. The second-order valence-electron chi connectivity index (χ2n) is 8.86. The van der Waals surface area contributed by atoms with Gasteiger partial charge in [-0.2, -0.15) is 4.90 Å². The minimum Gasteiger partial charge on any atom is -0.443 e. The molecule has 8 heteroatoms. The van der Waals surface area contributed by atoms with E-state index in [2.05, 4.69) is 0 Å². The number of primary amides is 1. The summed E-state index contributed by atoms with van der Waals surface area (Å²) < 4.78 is 10.7. The van der Waals surface area contributed by atoms with E-state index in [0.717, 1.165) is 10.5 Å². The van der Waals surface area contributed by atoms with Gasteiger partial charge in [0.15, 0.2) is 0 Å². The monoisotopic (exact) mass is 410 g/mol.